The summed E-state index contributed by atoms with van der Waals surface area (Å²) in [7, 11) is 0. The molecule has 4 heteroatoms. The van der Waals surface area contributed by atoms with Crippen LogP contribution in [0.3, 0.4) is 0 Å². The Balaban J connectivity index is 2.54. The maximum absolute atomic E-state index is 11.4. The molecule has 0 amide bonds. The van der Waals surface area contributed by atoms with E-state index in [1.807, 2.05) is 47.9 Å². The second kappa shape index (κ2) is 5.02. The molecule has 2 unspecified atom stereocenters. The van der Waals surface area contributed by atoms with Gasteiger partial charge in [-0.05, 0) is 25.5 Å². The summed E-state index contributed by atoms with van der Waals surface area (Å²) < 4.78 is 0. The predicted octanol–water partition coefficient (Wildman–Crippen LogP) is 3.35. The minimum atomic E-state index is -0.401. The van der Waals surface area contributed by atoms with Crippen LogP contribution < -0.4 is 9.80 Å². The summed E-state index contributed by atoms with van der Waals surface area (Å²) in [5.74, 6) is 0. The van der Waals surface area contributed by atoms with Gasteiger partial charge in [-0.1, -0.05) is 37.2 Å². The van der Waals surface area contributed by atoms with Gasteiger partial charge in [0.25, 0.3) is 0 Å². The fourth-order valence-electron chi connectivity index (χ4n) is 2.37. The Bertz CT molecular complexity index is 475. The molecule has 1 aromatic rings. The number of anilines is 2. The van der Waals surface area contributed by atoms with E-state index in [2.05, 4.69) is 6.58 Å². The zero-order chi connectivity index (χ0) is 13.3. The van der Waals surface area contributed by atoms with Gasteiger partial charge in [-0.15, -0.1) is 0 Å². The Morgan fingerprint density at radius 2 is 2.11 bits per heavy atom. The number of alkyl halides is 1. The SMILES string of the molecule is C=C(C)N1c2ccccc2N(C(Cl)CC)C1C=O. The van der Waals surface area contributed by atoms with Crippen LogP contribution >= 0.6 is 11.6 Å². The molecule has 0 fully saturated rings. The molecule has 1 aromatic carbocycles. The molecular formula is C14H17ClN2O. The van der Waals surface area contributed by atoms with Gasteiger partial charge in [-0.3, -0.25) is 4.79 Å². The number of carbonyl (C=O) groups is 1. The number of allylic oxidation sites excluding steroid dienone is 1. The second-order valence-corrected chi connectivity index (χ2v) is 4.90. The van der Waals surface area contributed by atoms with Crippen molar-refractivity contribution in [2.45, 2.75) is 31.9 Å². The van der Waals surface area contributed by atoms with E-state index in [-0.39, 0.29) is 5.50 Å². The first-order valence-corrected chi connectivity index (χ1v) is 6.47. The van der Waals surface area contributed by atoms with E-state index in [0.29, 0.717) is 0 Å². The number of carbonyl (C=O) groups excluding carboxylic acids is 1. The van der Waals surface area contributed by atoms with Crippen molar-refractivity contribution in [3.05, 3.63) is 36.5 Å². The lowest BCUT2D eigenvalue weighted by Gasteiger charge is -2.31. The molecule has 1 aliphatic rings. The number of hydrogen-bond acceptors (Lipinski definition) is 3. The van der Waals surface area contributed by atoms with Gasteiger partial charge in [-0.25, -0.2) is 0 Å². The van der Waals surface area contributed by atoms with Crippen molar-refractivity contribution < 1.29 is 4.79 Å². The molecule has 0 spiro atoms. The van der Waals surface area contributed by atoms with Crippen molar-refractivity contribution in [3.8, 4) is 0 Å². The van der Waals surface area contributed by atoms with Crippen LogP contribution in [0.5, 0.6) is 0 Å². The highest BCUT2D eigenvalue weighted by atomic mass is 35.5. The molecule has 0 aliphatic carbocycles. The van der Waals surface area contributed by atoms with Gasteiger partial charge in [0.1, 0.15) is 5.50 Å². The molecule has 0 radical (unpaired) electrons. The molecule has 1 aliphatic heterocycles. The van der Waals surface area contributed by atoms with E-state index in [1.165, 1.54) is 0 Å². The molecule has 3 nitrogen and oxygen atoms in total. The van der Waals surface area contributed by atoms with Crippen LogP contribution in [0.1, 0.15) is 20.3 Å². The number of hydrogen-bond donors (Lipinski definition) is 0. The normalized spacial score (nSPS) is 19.6. The summed E-state index contributed by atoms with van der Waals surface area (Å²) in [6.45, 7) is 7.85. The van der Waals surface area contributed by atoms with Crippen LogP contribution in [-0.2, 0) is 4.79 Å². The monoisotopic (exact) mass is 264 g/mol. The van der Waals surface area contributed by atoms with Gasteiger partial charge in [0.2, 0.25) is 0 Å². The van der Waals surface area contributed by atoms with Crippen LogP contribution in [0.15, 0.2) is 36.5 Å². The van der Waals surface area contributed by atoms with Gasteiger partial charge < -0.3 is 9.80 Å². The molecule has 2 rings (SSSR count). The molecule has 0 aromatic heterocycles. The van der Waals surface area contributed by atoms with Crippen LogP contribution in [0, 0.1) is 0 Å². The highest BCUT2D eigenvalue weighted by molar-refractivity contribution is 6.22. The van der Waals surface area contributed by atoms with Crippen LogP contribution in [0.2, 0.25) is 0 Å². The summed E-state index contributed by atoms with van der Waals surface area (Å²) in [5, 5.41) is 0. The summed E-state index contributed by atoms with van der Waals surface area (Å²) in [5.41, 5.74) is 2.60. The Labute approximate surface area is 113 Å². The fourth-order valence-corrected chi connectivity index (χ4v) is 2.59. The van der Waals surface area contributed by atoms with Gasteiger partial charge in [0.15, 0.2) is 12.5 Å². The first-order chi connectivity index (χ1) is 8.61. The first kappa shape index (κ1) is 13.0. The van der Waals surface area contributed by atoms with Crippen molar-refractivity contribution in [1.29, 1.82) is 0 Å². The van der Waals surface area contributed by atoms with Crippen LogP contribution in [-0.4, -0.2) is 18.0 Å². The largest absolute Gasteiger partial charge is 0.326 e. The zero-order valence-electron chi connectivity index (χ0n) is 10.6. The summed E-state index contributed by atoms with van der Waals surface area (Å²) in [6.07, 6.45) is 1.28. The number of benzene rings is 1. The molecule has 1 heterocycles. The van der Waals surface area contributed by atoms with Crippen molar-refractivity contribution in [2.24, 2.45) is 0 Å². The predicted molar refractivity (Wildman–Crippen MR) is 76.0 cm³/mol. The van der Waals surface area contributed by atoms with Gasteiger partial charge >= 0.3 is 0 Å². The van der Waals surface area contributed by atoms with Crippen molar-refractivity contribution >= 4 is 29.3 Å². The smallest absolute Gasteiger partial charge is 0.164 e. The molecule has 0 N–H and O–H groups in total. The number of halogens is 1. The van der Waals surface area contributed by atoms with Gasteiger partial charge in [0.05, 0.1) is 11.4 Å². The molecule has 0 saturated heterocycles. The molecule has 0 bridgehead atoms. The number of aldehydes is 1. The Kier molecular flexibility index (Phi) is 3.62. The molecule has 0 saturated carbocycles. The minimum absolute atomic E-state index is 0.203. The van der Waals surface area contributed by atoms with Gasteiger partial charge in [0, 0.05) is 5.70 Å². The molecule has 18 heavy (non-hydrogen) atoms. The van der Waals surface area contributed by atoms with Crippen molar-refractivity contribution in [1.82, 2.24) is 0 Å². The number of rotatable bonds is 4. The zero-order valence-corrected chi connectivity index (χ0v) is 11.4. The number of para-hydroxylation sites is 2. The van der Waals surface area contributed by atoms with E-state index in [1.54, 1.807) is 0 Å². The Morgan fingerprint density at radius 1 is 1.50 bits per heavy atom. The average Bonchev–Trinajstić information content (AvgIpc) is 2.71. The summed E-state index contributed by atoms with van der Waals surface area (Å²) in [4.78, 5) is 15.3. The standard InChI is InChI=1S/C14H17ClN2O/c1-4-13(15)17-12-8-6-5-7-11(12)16(10(2)3)14(17)9-18/h5-9,13-14H,2,4H2,1,3H3. The van der Waals surface area contributed by atoms with Crippen molar-refractivity contribution in [3.63, 3.8) is 0 Å². The van der Waals surface area contributed by atoms with E-state index < -0.39 is 6.17 Å². The lowest BCUT2D eigenvalue weighted by atomic mass is 10.2. The van der Waals surface area contributed by atoms with Crippen molar-refractivity contribution in [2.75, 3.05) is 9.80 Å². The topological polar surface area (TPSA) is 23.6 Å². The number of fused-ring (bicyclic) bond motifs is 1. The number of nitrogens with zero attached hydrogens (tertiary/aromatic N) is 2. The van der Waals surface area contributed by atoms with E-state index in [0.717, 1.165) is 29.8 Å². The Morgan fingerprint density at radius 3 is 2.61 bits per heavy atom. The third-order valence-electron chi connectivity index (χ3n) is 3.14. The lowest BCUT2D eigenvalue weighted by molar-refractivity contribution is -0.108. The average molecular weight is 265 g/mol. The van der Waals surface area contributed by atoms with Gasteiger partial charge in [-0.2, -0.15) is 0 Å². The molecule has 96 valence electrons. The van der Waals surface area contributed by atoms with E-state index >= 15 is 0 Å². The van der Waals surface area contributed by atoms with E-state index in [9.17, 15) is 4.79 Å². The maximum Gasteiger partial charge on any atom is 0.164 e. The van der Waals surface area contributed by atoms with Crippen LogP contribution in [0.25, 0.3) is 0 Å². The fraction of sp³-hybridized carbons (Fsp3) is 0.357. The Hall–Kier alpha value is -1.48. The third-order valence-corrected chi connectivity index (χ3v) is 3.66. The highest BCUT2D eigenvalue weighted by Crippen LogP contribution is 2.42. The minimum Gasteiger partial charge on any atom is -0.326 e. The maximum atomic E-state index is 11.4. The second-order valence-electron chi connectivity index (χ2n) is 4.39. The quantitative estimate of drug-likeness (QED) is 0.473. The summed E-state index contributed by atoms with van der Waals surface area (Å²) >= 11 is 6.35. The lowest BCUT2D eigenvalue weighted by Crippen LogP contribution is -2.46. The summed E-state index contributed by atoms with van der Waals surface area (Å²) in [6, 6.07) is 7.88. The molecular weight excluding hydrogens is 248 g/mol. The highest BCUT2D eigenvalue weighted by Gasteiger charge is 2.38. The van der Waals surface area contributed by atoms with Crippen LogP contribution in [0.4, 0.5) is 11.4 Å². The third kappa shape index (κ3) is 1.89. The molecule has 2 atom stereocenters. The van der Waals surface area contributed by atoms with E-state index in [4.69, 9.17) is 11.6 Å². The first-order valence-electron chi connectivity index (χ1n) is 6.03.